The smallest absolute Gasteiger partial charge is 0.413 e. The van der Waals surface area contributed by atoms with Crippen molar-refractivity contribution in [1.29, 1.82) is 0 Å². The molecule has 0 radical (unpaired) electrons. The highest BCUT2D eigenvalue weighted by Gasteiger charge is 2.45. The van der Waals surface area contributed by atoms with Crippen LogP contribution in [0.25, 0.3) is 11.1 Å². The number of thiazole rings is 1. The van der Waals surface area contributed by atoms with E-state index in [-0.39, 0.29) is 35.8 Å². The number of carboxylic acids is 1. The Morgan fingerprint density at radius 2 is 1.74 bits per heavy atom. The standard InChI is InChI=1S/C26H25N3O5S/c1-26(2)14-29(11-20(26)23(31)32)22(30)21-13-35-24(27-21)28-25(33)34-12-19-17-9-5-3-7-15(17)16-8-4-6-10-18(16)19/h3-10,13,19-20H,11-12,14H2,1-2H3,(H,31,32)(H,27,28,33). The van der Waals surface area contributed by atoms with E-state index >= 15 is 0 Å². The van der Waals surface area contributed by atoms with Gasteiger partial charge in [0.05, 0.1) is 5.92 Å². The summed E-state index contributed by atoms with van der Waals surface area (Å²) < 4.78 is 5.54. The zero-order chi connectivity index (χ0) is 24.7. The van der Waals surface area contributed by atoms with Gasteiger partial charge in [-0.15, -0.1) is 11.3 Å². The van der Waals surface area contributed by atoms with Gasteiger partial charge < -0.3 is 14.7 Å². The molecule has 1 fully saturated rings. The summed E-state index contributed by atoms with van der Waals surface area (Å²) in [6.45, 7) is 4.31. The zero-order valence-corrected chi connectivity index (χ0v) is 20.2. The maximum atomic E-state index is 12.9. The number of aromatic nitrogens is 1. The molecule has 1 aromatic heterocycles. The first-order valence-electron chi connectivity index (χ1n) is 11.3. The quantitative estimate of drug-likeness (QED) is 0.536. The number of hydrogen-bond acceptors (Lipinski definition) is 6. The third-order valence-corrected chi connectivity index (χ3v) is 7.56. The highest BCUT2D eigenvalue weighted by Crippen LogP contribution is 2.44. The van der Waals surface area contributed by atoms with Crippen molar-refractivity contribution in [2.45, 2.75) is 19.8 Å². The molecular weight excluding hydrogens is 466 g/mol. The van der Waals surface area contributed by atoms with Crippen molar-refractivity contribution in [2.75, 3.05) is 25.0 Å². The molecule has 0 spiro atoms. The summed E-state index contributed by atoms with van der Waals surface area (Å²) in [5.41, 5.74) is 4.19. The van der Waals surface area contributed by atoms with Crippen LogP contribution in [0.2, 0.25) is 0 Å². The summed E-state index contributed by atoms with van der Waals surface area (Å²) in [6, 6.07) is 16.2. The van der Waals surface area contributed by atoms with Gasteiger partial charge in [-0.3, -0.25) is 14.9 Å². The van der Waals surface area contributed by atoms with Crippen LogP contribution in [-0.4, -0.2) is 52.7 Å². The molecule has 180 valence electrons. The molecule has 35 heavy (non-hydrogen) atoms. The summed E-state index contributed by atoms with van der Waals surface area (Å²) in [5, 5.41) is 13.9. The Labute approximate surface area is 206 Å². The van der Waals surface area contributed by atoms with Gasteiger partial charge >= 0.3 is 12.1 Å². The molecule has 3 aromatic rings. The van der Waals surface area contributed by atoms with Crippen LogP contribution in [0.15, 0.2) is 53.9 Å². The molecule has 5 rings (SSSR count). The molecule has 1 aliphatic carbocycles. The van der Waals surface area contributed by atoms with Crippen molar-refractivity contribution in [3.8, 4) is 11.1 Å². The number of amides is 2. The van der Waals surface area contributed by atoms with E-state index in [4.69, 9.17) is 4.74 Å². The first kappa shape index (κ1) is 23.0. The maximum absolute atomic E-state index is 12.9. The van der Waals surface area contributed by atoms with Gasteiger partial charge in [-0.2, -0.15) is 0 Å². The van der Waals surface area contributed by atoms with Crippen LogP contribution in [0.3, 0.4) is 0 Å². The molecule has 2 N–H and O–H groups in total. The third kappa shape index (κ3) is 4.27. The zero-order valence-electron chi connectivity index (χ0n) is 19.4. The number of carbonyl (C=O) groups is 3. The molecule has 1 saturated heterocycles. The monoisotopic (exact) mass is 491 g/mol. The van der Waals surface area contributed by atoms with E-state index in [0.717, 1.165) is 33.6 Å². The van der Waals surface area contributed by atoms with Gasteiger partial charge in [0, 0.05) is 24.4 Å². The molecule has 9 heteroatoms. The van der Waals surface area contributed by atoms with E-state index < -0.39 is 23.4 Å². The molecule has 0 bridgehead atoms. The van der Waals surface area contributed by atoms with Crippen molar-refractivity contribution in [2.24, 2.45) is 11.3 Å². The van der Waals surface area contributed by atoms with Gasteiger partial charge in [0.2, 0.25) is 0 Å². The minimum Gasteiger partial charge on any atom is -0.481 e. The van der Waals surface area contributed by atoms with Crippen LogP contribution >= 0.6 is 11.3 Å². The number of likely N-dealkylation sites (tertiary alicyclic amines) is 1. The Morgan fingerprint density at radius 1 is 1.11 bits per heavy atom. The molecule has 8 nitrogen and oxygen atoms in total. The molecule has 1 aliphatic heterocycles. The van der Waals surface area contributed by atoms with Crippen molar-refractivity contribution >= 4 is 34.4 Å². The topological polar surface area (TPSA) is 109 Å². The van der Waals surface area contributed by atoms with Gasteiger partial charge in [0.25, 0.3) is 5.91 Å². The van der Waals surface area contributed by atoms with Crippen molar-refractivity contribution < 1.29 is 24.2 Å². The third-order valence-electron chi connectivity index (χ3n) is 6.81. The summed E-state index contributed by atoms with van der Waals surface area (Å²) in [6.07, 6.45) is -0.645. The molecule has 2 aliphatic rings. The first-order valence-corrected chi connectivity index (χ1v) is 12.2. The summed E-state index contributed by atoms with van der Waals surface area (Å²) in [5.74, 6) is -1.95. The van der Waals surface area contributed by atoms with E-state index in [9.17, 15) is 19.5 Å². The van der Waals surface area contributed by atoms with Crippen LogP contribution < -0.4 is 5.32 Å². The maximum Gasteiger partial charge on any atom is 0.413 e. The number of anilines is 1. The van der Waals surface area contributed by atoms with Crippen LogP contribution in [-0.2, 0) is 9.53 Å². The number of carboxylic acid groups (broad SMARTS) is 1. The minimum absolute atomic E-state index is 0.0534. The average molecular weight is 492 g/mol. The lowest BCUT2D eigenvalue weighted by Crippen LogP contribution is -2.30. The lowest BCUT2D eigenvalue weighted by Gasteiger charge is -2.21. The predicted octanol–water partition coefficient (Wildman–Crippen LogP) is 4.69. The fourth-order valence-corrected chi connectivity index (χ4v) is 5.68. The largest absolute Gasteiger partial charge is 0.481 e. The van der Waals surface area contributed by atoms with Gasteiger partial charge in [-0.1, -0.05) is 62.4 Å². The van der Waals surface area contributed by atoms with E-state index in [1.54, 1.807) is 5.38 Å². The summed E-state index contributed by atoms with van der Waals surface area (Å²) in [4.78, 5) is 42.6. The number of carbonyl (C=O) groups excluding carboxylic acids is 2. The summed E-state index contributed by atoms with van der Waals surface area (Å²) in [7, 11) is 0. The fraction of sp³-hybridized carbons (Fsp3) is 0.308. The number of nitrogens with zero attached hydrogens (tertiary/aromatic N) is 2. The molecular formula is C26H25N3O5S. The highest BCUT2D eigenvalue weighted by molar-refractivity contribution is 7.14. The van der Waals surface area contributed by atoms with Crippen molar-refractivity contribution in [3.05, 3.63) is 70.7 Å². The van der Waals surface area contributed by atoms with Crippen LogP contribution in [0.5, 0.6) is 0 Å². The van der Waals surface area contributed by atoms with E-state index in [2.05, 4.69) is 34.6 Å². The Kier molecular flexibility index (Phi) is 5.80. The van der Waals surface area contributed by atoms with E-state index in [1.807, 2.05) is 38.1 Å². The highest BCUT2D eigenvalue weighted by atomic mass is 32.1. The number of aliphatic carboxylic acids is 1. The van der Waals surface area contributed by atoms with E-state index in [0.29, 0.717) is 6.54 Å². The van der Waals surface area contributed by atoms with Gasteiger partial charge in [-0.05, 0) is 27.7 Å². The number of nitrogens with one attached hydrogen (secondary N) is 1. The molecule has 2 amide bonds. The number of ether oxygens (including phenoxy) is 1. The lowest BCUT2D eigenvalue weighted by molar-refractivity contribution is -0.143. The minimum atomic E-state index is -0.916. The Hall–Kier alpha value is -3.72. The predicted molar refractivity (Wildman–Crippen MR) is 132 cm³/mol. The van der Waals surface area contributed by atoms with Gasteiger partial charge in [0.1, 0.15) is 12.3 Å². The second-order valence-corrected chi connectivity index (χ2v) is 10.4. The van der Waals surface area contributed by atoms with Crippen LogP contribution in [0.4, 0.5) is 9.93 Å². The van der Waals surface area contributed by atoms with E-state index in [1.165, 1.54) is 4.90 Å². The Morgan fingerprint density at radius 3 is 2.34 bits per heavy atom. The molecule has 1 atom stereocenters. The van der Waals surface area contributed by atoms with Gasteiger partial charge in [-0.25, -0.2) is 9.78 Å². The average Bonchev–Trinajstić information content (AvgIpc) is 3.51. The lowest BCUT2D eigenvalue weighted by atomic mass is 9.82. The van der Waals surface area contributed by atoms with Crippen LogP contribution in [0, 0.1) is 11.3 Å². The second kappa shape index (κ2) is 8.81. The van der Waals surface area contributed by atoms with Crippen molar-refractivity contribution in [3.63, 3.8) is 0 Å². The summed E-state index contributed by atoms with van der Waals surface area (Å²) >= 11 is 1.12. The van der Waals surface area contributed by atoms with Gasteiger partial charge in [0.15, 0.2) is 5.13 Å². The van der Waals surface area contributed by atoms with Crippen molar-refractivity contribution in [1.82, 2.24) is 9.88 Å². The molecule has 2 aromatic carbocycles. The normalized spacial score (nSPS) is 18.1. The fourth-order valence-electron chi connectivity index (χ4n) is 5.01. The Bertz CT molecular complexity index is 1270. The SMILES string of the molecule is CC1(C)CN(C(=O)c2csc(NC(=O)OCC3c4ccccc4-c4ccccc43)n2)CC1C(=O)O. The molecule has 2 heterocycles. The molecule has 0 saturated carbocycles. The Balaban J connectivity index is 1.21. The molecule has 1 unspecified atom stereocenters. The number of hydrogen-bond donors (Lipinski definition) is 2. The van der Waals surface area contributed by atoms with Crippen LogP contribution in [0.1, 0.15) is 41.4 Å². The second-order valence-electron chi connectivity index (χ2n) is 9.55. The first-order chi connectivity index (χ1) is 16.7. The number of fused-ring (bicyclic) bond motifs is 3. The number of benzene rings is 2. The number of rotatable bonds is 5.